The number of hydrogen-bond donors (Lipinski definition) is 2. The number of nitrogens with zero attached hydrogens (tertiary/aromatic N) is 3. The highest BCUT2D eigenvalue weighted by atomic mass is 16.5. The van der Waals surface area contributed by atoms with E-state index in [0.29, 0.717) is 31.0 Å². The van der Waals surface area contributed by atoms with Gasteiger partial charge in [-0.15, -0.1) is 0 Å². The predicted molar refractivity (Wildman–Crippen MR) is 105 cm³/mol. The summed E-state index contributed by atoms with van der Waals surface area (Å²) in [5.74, 6) is -0.0127. The van der Waals surface area contributed by atoms with Crippen LogP contribution in [0.5, 0.6) is 0 Å². The number of rotatable bonds is 3. The van der Waals surface area contributed by atoms with E-state index in [1.165, 1.54) is 0 Å². The largest absolute Gasteiger partial charge is 0.377 e. The van der Waals surface area contributed by atoms with Gasteiger partial charge in [-0.25, -0.2) is 4.98 Å². The Morgan fingerprint density at radius 3 is 2.86 bits per heavy atom. The summed E-state index contributed by atoms with van der Waals surface area (Å²) in [6, 6.07) is 13.8. The number of pyridine rings is 1. The van der Waals surface area contributed by atoms with Gasteiger partial charge in [0.05, 0.1) is 36.7 Å². The van der Waals surface area contributed by atoms with Crippen molar-refractivity contribution in [2.45, 2.75) is 6.04 Å². The molecular formula is C21H19N5O2. The number of ether oxygens (including phenoxy) is 1. The molecule has 3 aromatic heterocycles. The van der Waals surface area contributed by atoms with E-state index in [2.05, 4.69) is 20.2 Å². The molecule has 4 heterocycles. The standard InChI is InChI=1S/C21H19N5O2/c27-21(26-8-9-28-13-19(26)14-4-2-1-3-5-14)17-12-22-20-16(17)6-7-18(25-20)15-10-23-24-11-15/h1-7,10-12,19H,8-9,13H2,(H,22,25)(H,23,24)/t19-/m1/s1. The second-order valence-electron chi connectivity index (χ2n) is 6.78. The number of aromatic amines is 2. The van der Waals surface area contributed by atoms with Crippen LogP contribution in [0.2, 0.25) is 0 Å². The van der Waals surface area contributed by atoms with Gasteiger partial charge in [-0.2, -0.15) is 5.10 Å². The first-order valence-corrected chi connectivity index (χ1v) is 9.22. The van der Waals surface area contributed by atoms with Gasteiger partial charge < -0.3 is 14.6 Å². The van der Waals surface area contributed by atoms with Crippen molar-refractivity contribution in [3.05, 3.63) is 72.2 Å². The van der Waals surface area contributed by atoms with E-state index in [1.54, 1.807) is 18.6 Å². The number of hydrogen-bond acceptors (Lipinski definition) is 4. The highest BCUT2D eigenvalue weighted by Crippen LogP contribution is 2.29. The van der Waals surface area contributed by atoms with Crippen molar-refractivity contribution in [1.82, 2.24) is 25.1 Å². The molecule has 0 radical (unpaired) electrons. The SMILES string of the molecule is O=C(c1c[nH]c2nc(-c3cn[nH]c3)ccc12)N1CCOC[C@@H]1c1ccccc1. The summed E-state index contributed by atoms with van der Waals surface area (Å²) in [5.41, 5.74) is 4.10. The maximum Gasteiger partial charge on any atom is 0.256 e. The molecule has 28 heavy (non-hydrogen) atoms. The van der Waals surface area contributed by atoms with Gasteiger partial charge in [-0.05, 0) is 17.7 Å². The summed E-state index contributed by atoms with van der Waals surface area (Å²) in [5, 5.41) is 7.57. The van der Waals surface area contributed by atoms with E-state index >= 15 is 0 Å². The van der Waals surface area contributed by atoms with Crippen molar-refractivity contribution in [2.75, 3.05) is 19.8 Å². The zero-order chi connectivity index (χ0) is 18.9. The Balaban J connectivity index is 1.49. The molecule has 0 unspecified atom stereocenters. The van der Waals surface area contributed by atoms with Gasteiger partial charge in [0, 0.05) is 29.9 Å². The first kappa shape index (κ1) is 16.7. The molecule has 140 valence electrons. The van der Waals surface area contributed by atoms with Gasteiger partial charge in [0.2, 0.25) is 0 Å². The Hall–Kier alpha value is -3.45. The first-order chi connectivity index (χ1) is 13.8. The van der Waals surface area contributed by atoms with Gasteiger partial charge >= 0.3 is 0 Å². The number of morpholine rings is 1. The summed E-state index contributed by atoms with van der Waals surface area (Å²) in [6.45, 7) is 1.60. The smallest absolute Gasteiger partial charge is 0.256 e. The number of aromatic nitrogens is 4. The first-order valence-electron chi connectivity index (χ1n) is 9.22. The van der Waals surface area contributed by atoms with Gasteiger partial charge in [0.1, 0.15) is 5.65 Å². The molecule has 0 spiro atoms. The minimum absolute atomic E-state index is 0.0127. The average Bonchev–Trinajstić information content (AvgIpc) is 3.43. The van der Waals surface area contributed by atoms with Crippen LogP contribution in [-0.4, -0.2) is 50.7 Å². The number of H-pyrrole nitrogens is 2. The van der Waals surface area contributed by atoms with Crippen LogP contribution in [0.15, 0.2) is 61.1 Å². The van der Waals surface area contributed by atoms with E-state index in [4.69, 9.17) is 4.74 Å². The third-order valence-electron chi connectivity index (χ3n) is 5.14. The fourth-order valence-electron chi connectivity index (χ4n) is 3.69. The number of benzene rings is 1. The zero-order valence-electron chi connectivity index (χ0n) is 15.1. The molecule has 1 aromatic carbocycles. The highest BCUT2D eigenvalue weighted by molar-refractivity contribution is 6.06. The van der Waals surface area contributed by atoms with E-state index in [9.17, 15) is 4.79 Å². The van der Waals surface area contributed by atoms with E-state index in [1.807, 2.05) is 47.4 Å². The molecule has 2 N–H and O–H groups in total. The van der Waals surface area contributed by atoms with Crippen LogP contribution < -0.4 is 0 Å². The molecule has 7 nitrogen and oxygen atoms in total. The molecule has 5 rings (SSSR count). The Morgan fingerprint density at radius 1 is 1.14 bits per heavy atom. The van der Waals surface area contributed by atoms with Crippen molar-refractivity contribution in [3.63, 3.8) is 0 Å². The maximum absolute atomic E-state index is 13.4. The lowest BCUT2D eigenvalue weighted by atomic mass is 10.0. The van der Waals surface area contributed by atoms with Gasteiger partial charge in [-0.3, -0.25) is 9.89 Å². The molecule has 1 aliphatic heterocycles. The third kappa shape index (κ3) is 2.86. The van der Waals surface area contributed by atoms with Crippen molar-refractivity contribution in [2.24, 2.45) is 0 Å². The molecule has 1 atom stereocenters. The van der Waals surface area contributed by atoms with E-state index in [-0.39, 0.29) is 11.9 Å². The van der Waals surface area contributed by atoms with Crippen LogP contribution >= 0.6 is 0 Å². The molecular weight excluding hydrogens is 354 g/mol. The lowest BCUT2D eigenvalue weighted by Crippen LogP contribution is -2.43. The predicted octanol–water partition coefficient (Wildman–Crippen LogP) is 3.17. The van der Waals surface area contributed by atoms with Crippen LogP contribution in [0, 0.1) is 0 Å². The van der Waals surface area contributed by atoms with Crippen LogP contribution in [0.3, 0.4) is 0 Å². The van der Waals surface area contributed by atoms with Crippen LogP contribution in [0.25, 0.3) is 22.3 Å². The molecule has 1 aliphatic rings. The number of carbonyl (C=O) groups is 1. The molecule has 0 saturated carbocycles. The lowest BCUT2D eigenvalue weighted by Gasteiger charge is -2.35. The van der Waals surface area contributed by atoms with Gasteiger partial charge in [0.15, 0.2) is 0 Å². The van der Waals surface area contributed by atoms with Crippen molar-refractivity contribution >= 4 is 16.9 Å². The Kier molecular flexibility index (Phi) is 4.14. The number of fused-ring (bicyclic) bond motifs is 1. The Bertz CT molecular complexity index is 1100. The molecule has 4 aromatic rings. The molecule has 1 fully saturated rings. The lowest BCUT2D eigenvalue weighted by molar-refractivity contribution is -0.00258. The number of carbonyl (C=O) groups excluding carboxylic acids is 1. The summed E-state index contributed by atoms with van der Waals surface area (Å²) < 4.78 is 5.66. The van der Waals surface area contributed by atoms with Crippen LogP contribution in [-0.2, 0) is 4.74 Å². The fourth-order valence-corrected chi connectivity index (χ4v) is 3.69. The Labute approximate surface area is 161 Å². The van der Waals surface area contributed by atoms with Crippen molar-refractivity contribution in [3.8, 4) is 11.3 Å². The van der Waals surface area contributed by atoms with Gasteiger partial charge in [0.25, 0.3) is 5.91 Å². The zero-order valence-corrected chi connectivity index (χ0v) is 15.1. The summed E-state index contributed by atoms with van der Waals surface area (Å²) >= 11 is 0. The number of amides is 1. The fraction of sp³-hybridized carbons (Fsp3) is 0.190. The molecule has 1 saturated heterocycles. The minimum Gasteiger partial charge on any atom is -0.377 e. The molecule has 0 bridgehead atoms. The summed E-state index contributed by atoms with van der Waals surface area (Å²) in [7, 11) is 0. The second-order valence-corrected chi connectivity index (χ2v) is 6.78. The minimum atomic E-state index is -0.0921. The van der Waals surface area contributed by atoms with E-state index < -0.39 is 0 Å². The maximum atomic E-state index is 13.4. The normalized spacial score (nSPS) is 17.1. The van der Waals surface area contributed by atoms with Crippen LogP contribution in [0.1, 0.15) is 22.0 Å². The Morgan fingerprint density at radius 2 is 2.04 bits per heavy atom. The number of nitrogens with one attached hydrogen (secondary N) is 2. The molecule has 0 aliphatic carbocycles. The quantitative estimate of drug-likeness (QED) is 0.577. The highest BCUT2D eigenvalue weighted by Gasteiger charge is 2.30. The second kappa shape index (κ2) is 6.94. The molecule has 7 heteroatoms. The van der Waals surface area contributed by atoms with Crippen LogP contribution in [0.4, 0.5) is 0 Å². The average molecular weight is 373 g/mol. The third-order valence-corrected chi connectivity index (χ3v) is 5.14. The molecule has 1 amide bonds. The topological polar surface area (TPSA) is 86.9 Å². The van der Waals surface area contributed by atoms with E-state index in [0.717, 1.165) is 22.2 Å². The monoisotopic (exact) mass is 373 g/mol. The van der Waals surface area contributed by atoms with Gasteiger partial charge in [-0.1, -0.05) is 30.3 Å². The van der Waals surface area contributed by atoms with Crippen molar-refractivity contribution < 1.29 is 9.53 Å². The van der Waals surface area contributed by atoms with Crippen molar-refractivity contribution in [1.29, 1.82) is 0 Å². The summed E-state index contributed by atoms with van der Waals surface area (Å²) in [6.07, 6.45) is 5.26. The summed E-state index contributed by atoms with van der Waals surface area (Å²) in [4.78, 5) is 23.1.